The fourth-order valence-corrected chi connectivity index (χ4v) is 4.92. The van der Waals surface area contributed by atoms with Crippen LogP contribution in [0.5, 0.6) is 11.5 Å². The number of benzene rings is 4. The number of rotatable bonds is 8. The van der Waals surface area contributed by atoms with Gasteiger partial charge in [0.05, 0.1) is 0 Å². The smallest absolute Gasteiger partial charge is 0.341 e. The van der Waals surface area contributed by atoms with Crippen LogP contribution in [0.25, 0.3) is 10.8 Å². The Morgan fingerprint density at radius 2 is 1.74 bits per heavy atom. The van der Waals surface area contributed by atoms with E-state index < -0.39 is 5.97 Å². The van der Waals surface area contributed by atoms with Crippen molar-refractivity contribution in [1.29, 1.82) is 0 Å². The monoisotopic (exact) mass is 467 g/mol. The molecule has 3 atom stereocenters. The summed E-state index contributed by atoms with van der Waals surface area (Å²) in [5.74, 6) is 0.673. The van der Waals surface area contributed by atoms with Gasteiger partial charge < -0.3 is 19.9 Å². The van der Waals surface area contributed by atoms with Crippen LogP contribution in [0.3, 0.4) is 0 Å². The molecule has 0 spiro atoms. The molecule has 5 rings (SSSR count). The van der Waals surface area contributed by atoms with Crippen molar-refractivity contribution >= 4 is 16.7 Å². The summed E-state index contributed by atoms with van der Waals surface area (Å²) < 4.78 is 11.7. The number of aliphatic carboxylic acids is 1. The molecule has 0 bridgehead atoms. The summed E-state index contributed by atoms with van der Waals surface area (Å²) >= 11 is 0. The van der Waals surface area contributed by atoms with Crippen molar-refractivity contribution in [3.8, 4) is 11.5 Å². The van der Waals surface area contributed by atoms with Crippen LogP contribution in [0.4, 0.5) is 0 Å². The lowest BCUT2D eigenvalue weighted by Crippen LogP contribution is -2.37. The molecule has 4 aromatic carbocycles. The van der Waals surface area contributed by atoms with Crippen LogP contribution in [0.2, 0.25) is 0 Å². The van der Waals surface area contributed by atoms with E-state index in [1.807, 2.05) is 42.5 Å². The van der Waals surface area contributed by atoms with Crippen LogP contribution >= 0.6 is 0 Å². The summed E-state index contributed by atoms with van der Waals surface area (Å²) in [6, 6.07) is 31.0. The first-order valence-corrected chi connectivity index (χ1v) is 12.0. The van der Waals surface area contributed by atoms with Crippen LogP contribution in [0.15, 0.2) is 91.0 Å². The van der Waals surface area contributed by atoms with E-state index >= 15 is 0 Å². The molecule has 5 nitrogen and oxygen atoms in total. The topological polar surface area (TPSA) is 67.8 Å². The van der Waals surface area contributed by atoms with Crippen molar-refractivity contribution in [1.82, 2.24) is 5.32 Å². The molecular formula is C30H29NO4. The molecule has 178 valence electrons. The minimum Gasteiger partial charge on any atom is -0.489 e. The molecule has 35 heavy (non-hydrogen) atoms. The molecule has 0 fully saturated rings. The van der Waals surface area contributed by atoms with Crippen LogP contribution < -0.4 is 14.8 Å². The van der Waals surface area contributed by atoms with Crippen LogP contribution in [0, 0.1) is 0 Å². The summed E-state index contributed by atoms with van der Waals surface area (Å²) in [5.41, 5.74) is 3.62. The van der Waals surface area contributed by atoms with Gasteiger partial charge in [0.15, 0.2) is 6.61 Å². The van der Waals surface area contributed by atoms with E-state index in [1.165, 1.54) is 21.9 Å². The maximum Gasteiger partial charge on any atom is 0.341 e. The average molecular weight is 468 g/mol. The Balaban J connectivity index is 1.32. The Hall–Kier alpha value is -3.83. The highest BCUT2D eigenvalue weighted by Crippen LogP contribution is 2.40. The normalized spacial score (nSPS) is 17.9. The predicted molar refractivity (Wildman–Crippen MR) is 137 cm³/mol. The van der Waals surface area contributed by atoms with Crippen LogP contribution in [0.1, 0.15) is 42.0 Å². The van der Waals surface area contributed by atoms with Gasteiger partial charge in [0.1, 0.15) is 17.6 Å². The van der Waals surface area contributed by atoms with Gasteiger partial charge >= 0.3 is 5.97 Å². The molecule has 2 N–H and O–H groups in total. The zero-order chi connectivity index (χ0) is 24.2. The molecule has 0 amide bonds. The summed E-state index contributed by atoms with van der Waals surface area (Å²) in [7, 11) is 0. The Morgan fingerprint density at radius 1 is 1.00 bits per heavy atom. The number of nitrogens with one attached hydrogen (secondary N) is 1. The number of carboxylic acid groups (broad SMARTS) is 1. The van der Waals surface area contributed by atoms with Crippen LogP contribution in [-0.2, 0) is 4.79 Å². The second-order valence-corrected chi connectivity index (χ2v) is 9.02. The number of ether oxygens (including phenoxy) is 2. The Morgan fingerprint density at radius 3 is 2.57 bits per heavy atom. The van der Waals surface area contributed by atoms with E-state index in [0.717, 1.165) is 24.3 Å². The minimum absolute atomic E-state index is 0.0234. The van der Waals surface area contributed by atoms with E-state index in [9.17, 15) is 4.79 Å². The van der Waals surface area contributed by atoms with Gasteiger partial charge in [-0.1, -0.05) is 72.8 Å². The fraction of sp³-hybridized carbons (Fsp3) is 0.233. The molecule has 5 heteroatoms. The molecule has 0 aliphatic carbocycles. The Bertz CT molecular complexity index is 1310. The third-order valence-electron chi connectivity index (χ3n) is 6.67. The Kier molecular flexibility index (Phi) is 6.68. The quantitative estimate of drug-likeness (QED) is 0.336. The molecule has 1 aliphatic rings. The van der Waals surface area contributed by atoms with Gasteiger partial charge in [-0.3, -0.25) is 0 Å². The van der Waals surface area contributed by atoms with Gasteiger partial charge in [-0.2, -0.15) is 0 Å². The van der Waals surface area contributed by atoms with Gasteiger partial charge in [0.25, 0.3) is 0 Å². The maximum atomic E-state index is 10.8. The van der Waals surface area contributed by atoms with Crippen molar-refractivity contribution in [2.75, 3.05) is 13.2 Å². The van der Waals surface area contributed by atoms with Gasteiger partial charge in [0, 0.05) is 24.1 Å². The van der Waals surface area contributed by atoms with Crippen molar-refractivity contribution in [2.45, 2.75) is 31.4 Å². The third kappa shape index (κ3) is 5.15. The van der Waals surface area contributed by atoms with Crippen molar-refractivity contribution in [3.63, 3.8) is 0 Å². The lowest BCUT2D eigenvalue weighted by Gasteiger charge is -2.33. The van der Waals surface area contributed by atoms with E-state index in [2.05, 4.69) is 60.8 Å². The molecule has 1 heterocycles. The highest BCUT2D eigenvalue weighted by Gasteiger charge is 2.29. The third-order valence-corrected chi connectivity index (χ3v) is 6.67. The molecule has 0 saturated heterocycles. The zero-order valence-corrected chi connectivity index (χ0v) is 19.7. The van der Waals surface area contributed by atoms with Gasteiger partial charge in [-0.25, -0.2) is 4.79 Å². The lowest BCUT2D eigenvalue weighted by molar-refractivity contribution is -0.139. The molecule has 1 aliphatic heterocycles. The maximum absolute atomic E-state index is 10.8. The second kappa shape index (κ2) is 10.2. The van der Waals surface area contributed by atoms with Gasteiger partial charge in [-0.15, -0.1) is 0 Å². The standard InChI is InChI=1S/C30H29NO4/c1-20(25-11-6-8-21-7-2-3-9-26(21)25)31-18-24-17-28(27-10-4-5-12-29(27)35-24)22-13-15-23(16-14-22)34-19-30(32)33/h2-16,20,24,28,31H,17-19H2,1H3,(H,32,33). The van der Waals surface area contributed by atoms with Crippen molar-refractivity contribution < 1.29 is 19.4 Å². The van der Waals surface area contributed by atoms with Gasteiger partial charge in [-0.05, 0) is 53.4 Å². The molecule has 0 radical (unpaired) electrons. The SMILES string of the molecule is CC(NCC1CC(c2ccc(OCC(=O)O)cc2)c2ccccc2O1)c1cccc2ccccc12. The zero-order valence-electron chi connectivity index (χ0n) is 19.7. The van der Waals surface area contributed by atoms with Gasteiger partial charge in [0.2, 0.25) is 0 Å². The molecule has 4 aromatic rings. The first-order valence-electron chi connectivity index (χ1n) is 12.0. The number of fused-ring (bicyclic) bond motifs is 2. The molecule has 0 saturated carbocycles. The van der Waals surface area contributed by atoms with E-state index in [1.54, 1.807) is 0 Å². The highest BCUT2D eigenvalue weighted by molar-refractivity contribution is 5.86. The second-order valence-electron chi connectivity index (χ2n) is 9.02. The number of carboxylic acids is 1. The molecule has 0 aromatic heterocycles. The fourth-order valence-electron chi connectivity index (χ4n) is 4.92. The number of hydrogen-bond donors (Lipinski definition) is 2. The first-order chi connectivity index (χ1) is 17.1. The molecule has 3 unspecified atom stereocenters. The lowest BCUT2D eigenvalue weighted by atomic mass is 9.84. The first kappa shape index (κ1) is 22.9. The largest absolute Gasteiger partial charge is 0.489 e. The average Bonchev–Trinajstić information content (AvgIpc) is 2.90. The number of hydrogen-bond acceptors (Lipinski definition) is 4. The summed E-state index contributed by atoms with van der Waals surface area (Å²) in [6.07, 6.45) is 0.872. The highest BCUT2D eigenvalue weighted by atomic mass is 16.5. The summed E-state index contributed by atoms with van der Waals surface area (Å²) in [5, 5.41) is 15.1. The summed E-state index contributed by atoms with van der Waals surface area (Å²) in [4.78, 5) is 10.8. The predicted octanol–water partition coefficient (Wildman–Crippen LogP) is 5.94. The van der Waals surface area contributed by atoms with E-state index in [4.69, 9.17) is 14.6 Å². The number of para-hydroxylation sites is 1. The van der Waals surface area contributed by atoms with E-state index in [-0.39, 0.29) is 24.7 Å². The van der Waals surface area contributed by atoms with E-state index in [0.29, 0.717) is 5.75 Å². The Labute approximate surface area is 205 Å². The van der Waals surface area contributed by atoms with Crippen molar-refractivity contribution in [2.24, 2.45) is 0 Å². The van der Waals surface area contributed by atoms with Crippen molar-refractivity contribution in [3.05, 3.63) is 108 Å². The summed E-state index contributed by atoms with van der Waals surface area (Å²) in [6.45, 7) is 2.59. The number of carbonyl (C=O) groups is 1. The molecular weight excluding hydrogens is 438 g/mol. The minimum atomic E-state index is -0.986. The van der Waals surface area contributed by atoms with Crippen LogP contribution in [-0.4, -0.2) is 30.3 Å².